The number of benzene rings is 2. The Kier molecular flexibility index (Phi) is 7.61. The number of amides is 2. The first kappa shape index (κ1) is 25.0. The number of carbonyl (C=O) groups is 2. The Bertz CT molecular complexity index is 1180. The zero-order chi connectivity index (χ0) is 25.0. The average Bonchev–Trinajstić information content (AvgIpc) is 3.40. The molecule has 35 heavy (non-hydrogen) atoms. The van der Waals surface area contributed by atoms with Gasteiger partial charge in [0.25, 0.3) is 5.91 Å². The number of hydrogen-bond acceptors (Lipinski definition) is 6. The van der Waals surface area contributed by atoms with Crippen LogP contribution in [0.1, 0.15) is 42.5 Å². The van der Waals surface area contributed by atoms with Crippen LogP contribution < -0.4 is 14.8 Å². The average molecular weight is 502 g/mol. The number of likely N-dealkylation sites (tertiary alicyclic amines) is 1. The molecule has 10 heteroatoms. The maximum absolute atomic E-state index is 13.5. The summed E-state index contributed by atoms with van der Waals surface area (Å²) in [5, 5.41) is 2.81. The molecule has 2 heterocycles. The molecule has 1 N–H and O–H groups in total. The van der Waals surface area contributed by atoms with Crippen LogP contribution in [0.4, 0.5) is 5.69 Å². The molecule has 2 aromatic rings. The number of hydrogen-bond donors (Lipinski definition) is 1. The summed E-state index contributed by atoms with van der Waals surface area (Å²) in [6, 6.07) is 10.4. The number of carbonyl (C=O) groups excluding carboxylic acids is 2. The second-order valence-corrected chi connectivity index (χ2v) is 10.6. The molecule has 9 nitrogen and oxygen atoms in total. The van der Waals surface area contributed by atoms with Gasteiger partial charge in [-0.3, -0.25) is 9.59 Å². The molecular formula is C25H31N3O6S. The van der Waals surface area contributed by atoms with Crippen LogP contribution in [0.5, 0.6) is 11.5 Å². The van der Waals surface area contributed by atoms with Gasteiger partial charge in [-0.05, 0) is 68.5 Å². The van der Waals surface area contributed by atoms with E-state index in [0.29, 0.717) is 29.8 Å². The molecule has 2 aliphatic heterocycles. The van der Waals surface area contributed by atoms with Gasteiger partial charge in [0, 0.05) is 37.0 Å². The molecule has 2 aromatic carbocycles. The van der Waals surface area contributed by atoms with Crippen LogP contribution in [-0.2, 0) is 14.8 Å². The van der Waals surface area contributed by atoms with E-state index in [0.717, 1.165) is 32.4 Å². The van der Waals surface area contributed by atoms with Crippen LogP contribution in [0.15, 0.2) is 47.4 Å². The van der Waals surface area contributed by atoms with Crippen LogP contribution in [0, 0.1) is 0 Å². The van der Waals surface area contributed by atoms with Crippen LogP contribution in [0.3, 0.4) is 0 Å². The third-order valence-corrected chi connectivity index (χ3v) is 8.44. The Morgan fingerprint density at radius 2 is 1.63 bits per heavy atom. The number of methoxy groups -OCH3 is 2. The summed E-state index contributed by atoms with van der Waals surface area (Å²) >= 11 is 0. The van der Waals surface area contributed by atoms with Gasteiger partial charge in [-0.1, -0.05) is 0 Å². The van der Waals surface area contributed by atoms with E-state index >= 15 is 0 Å². The van der Waals surface area contributed by atoms with Crippen molar-refractivity contribution in [3.05, 3.63) is 48.0 Å². The van der Waals surface area contributed by atoms with Crippen molar-refractivity contribution in [1.82, 2.24) is 9.21 Å². The molecule has 0 radical (unpaired) electrons. The monoisotopic (exact) mass is 501 g/mol. The van der Waals surface area contributed by atoms with Crippen molar-refractivity contribution < 1.29 is 27.5 Å². The molecule has 0 saturated carbocycles. The number of ether oxygens (including phenoxy) is 2. The Balaban J connectivity index is 1.48. The van der Waals surface area contributed by atoms with Gasteiger partial charge in [0.1, 0.15) is 22.4 Å². The van der Waals surface area contributed by atoms with Gasteiger partial charge in [-0.15, -0.1) is 0 Å². The SMILES string of the molecule is COc1ccc(OC)c(S(=O)(=O)N2CCCC2C(=O)Nc2ccc(C(=O)N3CCCCC3)cc2)c1. The van der Waals surface area contributed by atoms with Gasteiger partial charge in [0.15, 0.2) is 0 Å². The van der Waals surface area contributed by atoms with E-state index in [4.69, 9.17) is 9.47 Å². The molecule has 0 aromatic heterocycles. The summed E-state index contributed by atoms with van der Waals surface area (Å²) in [6.07, 6.45) is 4.15. The lowest BCUT2D eigenvalue weighted by Gasteiger charge is -2.27. The summed E-state index contributed by atoms with van der Waals surface area (Å²) < 4.78 is 38.6. The highest BCUT2D eigenvalue weighted by atomic mass is 32.2. The van der Waals surface area contributed by atoms with Gasteiger partial charge in [-0.25, -0.2) is 8.42 Å². The third kappa shape index (κ3) is 5.28. The zero-order valence-electron chi connectivity index (χ0n) is 20.0. The lowest BCUT2D eigenvalue weighted by atomic mass is 10.1. The normalized spacial score (nSPS) is 18.8. The lowest BCUT2D eigenvalue weighted by Crippen LogP contribution is -2.43. The maximum Gasteiger partial charge on any atom is 0.253 e. The molecule has 1 atom stereocenters. The lowest BCUT2D eigenvalue weighted by molar-refractivity contribution is -0.119. The fraction of sp³-hybridized carbons (Fsp3) is 0.440. The standard InChI is InChI=1S/C25H31N3O6S/c1-33-20-12-13-22(34-2)23(17-20)35(31,32)28-16-6-7-21(28)24(29)26-19-10-8-18(9-11-19)25(30)27-14-4-3-5-15-27/h8-13,17,21H,3-7,14-16H2,1-2H3,(H,26,29). The van der Waals surface area contributed by atoms with Crippen LogP contribution in [0.25, 0.3) is 0 Å². The van der Waals surface area contributed by atoms with E-state index in [1.54, 1.807) is 30.3 Å². The van der Waals surface area contributed by atoms with Crippen molar-refractivity contribution in [2.75, 3.05) is 39.2 Å². The summed E-state index contributed by atoms with van der Waals surface area (Å²) in [6.45, 7) is 1.76. The minimum Gasteiger partial charge on any atom is -0.497 e. The first-order valence-electron chi connectivity index (χ1n) is 11.8. The van der Waals surface area contributed by atoms with E-state index in [2.05, 4.69) is 5.32 Å². The van der Waals surface area contributed by atoms with Crippen molar-refractivity contribution in [2.45, 2.75) is 43.0 Å². The number of nitrogens with zero attached hydrogens (tertiary/aromatic N) is 2. The van der Waals surface area contributed by atoms with Crippen LogP contribution in [0.2, 0.25) is 0 Å². The van der Waals surface area contributed by atoms with Crippen molar-refractivity contribution >= 4 is 27.5 Å². The Labute approximate surface area is 206 Å². The molecule has 2 fully saturated rings. The number of piperidine rings is 1. The number of rotatable bonds is 7. The highest BCUT2D eigenvalue weighted by molar-refractivity contribution is 7.89. The fourth-order valence-electron chi connectivity index (χ4n) is 4.60. The van der Waals surface area contributed by atoms with Gasteiger partial charge >= 0.3 is 0 Å². The van der Waals surface area contributed by atoms with Gasteiger partial charge in [0.05, 0.1) is 14.2 Å². The molecule has 4 rings (SSSR count). The van der Waals surface area contributed by atoms with Crippen molar-refractivity contribution in [3.8, 4) is 11.5 Å². The molecule has 1 unspecified atom stereocenters. The molecular weight excluding hydrogens is 470 g/mol. The smallest absolute Gasteiger partial charge is 0.253 e. The number of anilines is 1. The highest BCUT2D eigenvalue weighted by Crippen LogP contribution is 2.34. The summed E-state index contributed by atoms with van der Waals surface area (Å²) in [4.78, 5) is 27.6. The second kappa shape index (κ2) is 10.7. The minimum atomic E-state index is -4.01. The first-order chi connectivity index (χ1) is 16.8. The van der Waals surface area contributed by atoms with E-state index < -0.39 is 22.0 Å². The molecule has 2 saturated heterocycles. The predicted molar refractivity (Wildman–Crippen MR) is 131 cm³/mol. The summed E-state index contributed by atoms with van der Waals surface area (Å²) in [5.74, 6) is 0.139. The van der Waals surface area contributed by atoms with Gasteiger partial charge < -0.3 is 19.7 Å². The quantitative estimate of drug-likeness (QED) is 0.625. The van der Waals surface area contributed by atoms with Crippen LogP contribution in [-0.4, -0.2) is 69.3 Å². The van der Waals surface area contributed by atoms with Gasteiger partial charge in [0.2, 0.25) is 15.9 Å². The topological polar surface area (TPSA) is 105 Å². The maximum atomic E-state index is 13.5. The number of nitrogens with one attached hydrogen (secondary N) is 1. The molecule has 0 bridgehead atoms. The Hall–Kier alpha value is -3.11. The third-order valence-electron chi connectivity index (χ3n) is 6.51. The molecule has 2 aliphatic rings. The van der Waals surface area contributed by atoms with E-state index in [-0.39, 0.29) is 23.1 Å². The van der Waals surface area contributed by atoms with E-state index in [9.17, 15) is 18.0 Å². The highest BCUT2D eigenvalue weighted by Gasteiger charge is 2.41. The van der Waals surface area contributed by atoms with E-state index in [1.807, 2.05) is 4.90 Å². The fourth-order valence-corrected chi connectivity index (χ4v) is 6.43. The molecule has 2 amide bonds. The zero-order valence-corrected chi connectivity index (χ0v) is 20.8. The van der Waals surface area contributed by atoms with Crippen molar-refractivity contribution in [1.29, 1.82) is 0 Å². The largest absolute Gasteiger partial charge is 0.497 e. The molecule has 0 spiro atoms. The first-order valence-corrected chi connectivity index (χ1v) is 13.2. The summed E-state index contributed by atoms with van der Waals surface area (Å²) in [5.41, 5.74) is 1.08. The van der Waals surface area contributed by atoms with Crippen molar-refractivity contribution in [2.24, 2.45) is 0 Å². The summed E-state index contributed by atoms with van der Waals surface area (Å²) in [7, 11) is -1.16. The van der Waals surface area contributed by atoms with Gasteiger partial charge in [-0.2, -0.15) is 4.31 Å². The Morgan fingerprint density at radius 1 is 0.914 bits per heavy atom. The molecule has 0 aliphatic carbocycles. The Morgan fingerprint density at radius 3 is 2.29 bits per heavy atom. The second-order valence-electron chi connectivity index (χ2n) is 8.71. The molecule has 188 valence electrons. The van der Waals surface area contributed by atoms with Crippen molar-refractivity contribution in [3.63, 3.8) is 0 Å². The predicted octanol–water partition coefficient (Wildman–Crippen LogP) is 3.12. The number of sulfonamides is 1. The minimum absolute atomic E-state index is 0.0112. The van der Waals surface area contributed by atoms with Crippen LogP contribution >= 0.6 is 0 Å². The van der Waals surface area contributed by atoms with E-state index in [1.165, 1.54) is 30.7 Å².